The van der Waals surface area contributed by atoms with Crippen LogP contribution in [-0.4, -0.2) is 37.0 Å². The van der Waals surface area contributed by atoms with Crippen molar-refractivity contribution in [2.45, 2.75) is 64.5 Å². The molecule has 0 spiro atoms. The highest BCUT2D eigenvalue weighted by atomic mass is 16.5. The van der Waals surface area contributed by atoms with Gasteiger partial charge in [0.05, 0.1) is 12.7 Å². The first kappa shape index (κ1) is 14.9. The van der Waals surface area contributed by atoms with Gasteiger partial charge in [-0.15, -0.1) is 0 Å². The fourth-order valence-electron chi connectivity index (χ4n) is 2.47. The summed E-state index contributed by atoms with van der Waals surface area (Å²) in [6.45, 7) is 6.27. The molecule has 2 N–H and O–H groups in total. The number of nitrogens with one attached hydrogen (secondary N) is 1. The Hall–Kier alpha value is -0.120. The highest BCUT2D eigenvalue weighted by Crippen LogP contribution is 2.27. The van der Waals surface area contributed by atoms with Gasteiger partial charge in [-0.1, -0.05) is 26.2 Å². The Balaban J connectivity index is 2.00. The first-order valence-corrected chi connectivity index (χ1v) is 7.23. The van der Waals surface area contributed by atoms with Crippen molar-refractivity contribution in [3.05, 3.63) is 0 Å². The van der Waals surface area contributed by atoms with Crippen LogP contribution >= 0.6 is 0 Å². The Bertz CT molecular complexity index is 181. The topological polar surface area (TPSA) is 41.5 Å². The van der Waals surface area contributed by atoms with E-state index in [1.165, 1.54) is 25.7 Å². The van der Waals surface area contributed by atoms with Crippen LogP contribution in [0, 0.1) is 5.92 Å². The number of aliphatic hydroxyl groups excluding tert-OH is 1. The standard InChI is InChI=1S/C14H29NO2/c1-3-4-9-17-11-14(16)10-15-12(2)13-7-5-6-8-13/h12-16H,3-11H2,1-2H3. The van der Waals surface area contributed by atoms with Crippen LogP contribution in [0.3, 0.4) is 0 Å². The van der Waals surface area contributed by atoms with E-state index in [4.69, 9.17) is 4.74 Å². The third-order valence-electron chi connectivity index (χ3n) is 3.73. The molecule has 0 bridgehead atoms. The summed E-state index contributed by atoms with van der Waals surface area (Å²) >= 11 is 0. The molecule has 102 valence electrons. The molecule has 0 heterocycles. The van der Waals surface area contributed by atoms with Crippen LogP contribution in [0.15, 0.2) is 0 Å². The molecule has 1 fully saturated rings. The summed E-state index contributed by atoms with van der Waals surface area (Å²) in [7, 11) is 0. The maximum absolute atomic E-state index is 9.75. The van der Waals surface area contributed by atoms with Gasteiger partial charge in [0.2, 0.25) is 0 Å². The molecule has 0 radical (unpaired) electrons. The highest BCUT2D eigenvalue weighted by molar-refractivity contribution is 4.78. The zero-order chi connectivity index (χ0) is 12.5. The second-order valence-electron chi connectivity index (χ2n) is 5.32. The van der Waals surface area contributed by atoms with Gasteiger partial charge in [-0.3, -0.25) is 0 Å². The lowest BCUT2D eigenvalue weighted by Crippen LogP contribution is -2.39. The van der Waals surface area contributed by atoms with Gasteiger partial charge < -0.3 is 15.2 Å². The normalized spacial score (nSPS) is 20.6. The Morgan fingerprint density at radius 3 is 2.71 bits per heavy atom. The van der Waals surface area contributed by atoms with E-state index in [2.05, 4.69) is 19.2 Å². The average Bonchev–Trinajstić information content (AvgIpc) is 2.85. The van der Waals surface area contributed by atoms with Crippen LogP contribution in [0.2, 0.25) is 0 Å². The van der Waals surface area contributed by atoms with Crippen molar-refractivity contribution in [3.8, 4) is 0 Å². The molecule has 1 aliphatic rings. The van der Waals surface area contributed by atoms with Gasteiger partial charge >= 0.3 is 0 Å². The van der Waals surface area contributed by atoms with Gasteiger partial charge in [0.1, 0.15) is 0 Å². The number of aliphatic hydroxyl groups is 1. The van der Waals surface area contributed by atoms with Crippen LogP contribution in [0.5, 0.6) is 0 Å². The van der Waals surface area contributed by atoms with Crippen LogP contribution in [0.25, 0.3) is 0 Å². The van der Waals surface area contributed by atoms with E-state index >= 15 is 0 Å². The fourth-order valence-corrected chi connectivity index (χ4v) is 2.47. The summed E-state index contributed by atoms with van der Waals surface area (Å²) in [5.74, 6) is 0.809. The van der Waals surface area contributed by atoms with E-state index in [-0.39, 0.29) is 6.10 Å². The smallest absolute Gasteiger partial charge is 0.0897 e. The van der Waals surface area contributed by atoms with Crippen LogP contribution in [-0.2, 0) is 4.74 Å². The summed E-state index contributed by atoms with van der Waals surface area (Å²) < 4.78 is 5.40. The SMILES string of the molecule is CCCCOCC(O)CNC(C)C1CCCC1. The maximum Gasteiger partial charge on any atom is 0.0897 e. The van der Waals surface area contributed by atoms with Gasteiger partial charge in [0.15, 0.2) is 0 Å². The average molecular weight is 243 g/mol. The van der Waals surface area contributed by atoms with E-state index in [0.717, 1.165) is 25.4 Å². The molecular formula is C14H29NO2. The van der Waals surface area contributed by atoms with Crippen molar-refractivity contribution < 1.29 is 9.84 Å². The minimum Gasteiger partial charge on any atom is -0.389 e. The zero-order valence-corrected chi connectivity index (χ0v) is 11.5. The Morgan fingerprint density at radius 2 is 2.06 bits per heavy atom. The van der Waals surface area contributed by atoms with Crippen molar-refractivity contribution in [2.24, 2.45) is 5.92 Å². The van der Waals surface area contributed by atoms with Gasteiger partial charge in [0, 0.05) is 19.2 Å². The first-order valence-electron chi connectivity index (χ1n) is 7.23. The van der Waals surface area contributed by atoms with E-state index in [9.17, 15) is 5.11 Å². The summed E-state index contributed by atoms with van der Waals surface area (Å²) in [5, 5.41) is 13.2. The van der Waals surface area contributed by atoms with E-state index in [1.807, 2.05) is 0 Å². The minimum absolute atomic E-state index is 0.365. The summed E-state index contributed by atoms with van der Waals surface area (Å²) in [6, 6.07) is 0.530. The molecule has 1 saturated carbocycles. The van der Waals surface area contributed by atoms with Crippen LogP contribution in [0.1, 0.15) is 52.4 Å². The molecular weight excluding hydrogens is 214 g/mol. The monoisotopic (exact) mass is 243 g/mol. The fraction of sp³-hybridized carbons (Fsp3) is 1.00. The summed E-state index contributed by atoms with van der Waals surface area (Å²) in [5.41, 5.74) is 0. The third kappa shape index (κ3) is 6.39. The van der Waals surface area contributed by atoms with Crippen molar-refractivity contribution in [1.82, 2.24) is 5.32 Å². The third-order valence-corrected chi connectivity index (χ3v) is 3.73. The van der Waals surface area contributed by atoms with Crippen LogP contribution in [0.4, 0.5) is 0 Å². The highest BCUT2D eigenvalue weighted by Gasteiger charge is 2.21. The minimum atomic E-state index is -0.365. The second-order valence-corrected chi connectivity index (χ2v) is 5.32. The Labute approximate surface area is 106 Å². The molecule has 2 atom stereocenters. The largest absolute Gasteiger partial charge is 0.389 e. The number of hydrogen-bond acceptors (Lipinski definition) is 3. The molecule has 0 aromatic carbocycles. The Kier molecular flexibility index (Phi) is 7.82. The number of rotatable bonds is 9. The lowest BCUT2D eigenvalue weighted by molar-refractivity contribution is 0.0339. The summed E-state index contributed by atoms with van der Waals surface area (Å²) in [4.78, 5) is 0. The Morgan fingerprint density at radius 1 is 1.35 bits per heavy atom. The molecule has 17 heavy (non-hydrogen) atoms. The molecule has 1 rings (SSSR count). The van der Waals surface area contributed by atoms with E-state index < -0.39 is 0 Å². The molecule has 2 unspecified atom stereocenters. The first-order chi connectivity index (χ1) is 8.24. The second kappa shape index (κ2) is 8.90. The predicted octanol–water partition coefficient (Wildman–Crippen LogP) is 2.33. The van der Waals surface area contributed by atoms with Crippen molar-refractivity contribution >= 4 is 0 Å². The molecule has 0 saturated heterocycles. The van der Waals surface area contributed by atoms with Crippen molar-refractivity contribution in [2.75, 3.05) is 19.8 Å². The molecule has 0 amide bonds. The lowest BCUT2D eigenvalue weighted by atomic mass is 10.00. The zero-order valence-electron chi connectivity index (χ0n) is 11.5. The molecule has 0 aliphatic heterocycles. The maximum atomic E-state index is 9.75. The van der Waals surface area contributed by atoms with Crippen molar-refractivity contribution in [1.29, 1.82) is 0 Å². The number of hydrogen-bond donors (Lipinski definition) is 2. The van der Waals surface area contributed by atoms with Gasteiger partial charge in [0.25, 0.3) is 0 Å². The van der Waals surface area contributed by atoms with Gasteiger partial charge in [-0.2, -0.15) is 0 Å². The predicted molar refractivity (Wildman–Crippen MR) is 71.2 cm³/mol. The van der Waals surface area contributed by atoms with E-state index in [1.54, 1.807) is 0 Å². The summed E-state index contributed by atoms with van der Waals surface area (Å²) in [6.07, 6.45) is 7.30. The van der Waals surface area contributed by atoms with Gasteiger partial charge in [-0.25, -0.2) is 0 Å². The van der Waals surface area contributed by atoms with Crippen LogP contribution < -0.4 is 5.32 Å². The van der Waals surface area contributed by atoms with Gasteiger partial charge in [-0.05, 0) is 32.1 Å². The van der Waals surface area contributed by atoms with E-state index in [0.29, 0.717) is 19.2 Å². The molecule has 3 nitrogen and oxygen atoms in total. The lowest BCUT2D eigenvalue weighted by Gasteiger charge is -2.22. The molecule has 3 heteroatoms. The molecule has 0 aromatic heterocycles. The molecule has 0 aromatic rings. The van der Waals surface area contributed by atoms with Crippen molar-refractivity contribution in [3.63, 3.8) is 0 Å². The molecule has 1 aliphatic carbocycles. The number of ether oxygens (including phenoxy) is 1. The number of unbranched alkanes of at least 4 members (excludes halogenated alkanes) is 1. The quantitative estimate of drug-likeness (QED) is 0.611.